The molecule has 4 aliphatic rings. The second kappa shape index (κ2) is 7.32. The van der Waals surface area contributed by atoms with Gasteiger partial charge in [-0.25, -0.2) is 9.18 Å². The summed E-state index contributed by atoms with van der Waals surface area (Å²) in [7, 11) is 0. The number of halogens is 1. The molecule has 0 aromatic heterocycles. The molecular formula is C18H28FN3O4. The summed E-state index contributed by atoms with van der Waals surface area (Å²) in [5.41, 5.74) is 0.569. The largest absolute Gasteiger partial charge is 0.450 e. The number of nitrogens with zero attached hydrogens (tertiary/aromatic N) is 2. The Morgan fingerprint density at radius 3 is 2.96 bits per heavy atom. The van der Waals surface area contributed by atoms with Crippen LogP contribution in [0.1, 0.15) is 39.0 Å². The molecule has 4 heterocycles. The number of ether oxygens (including phenoxy) is 3. The van der Waals surface area contributed by atoms with Gasteiger partial charge in [-0.3, -0.25) is 10.2 Å². The summed E-state index contributed by atoms with van der Waals surface area (Å²) in [6.45, 7) is 5.22. The summed E-state index contributed by atoms with van der Waals surface area (Å²) in [6, 6.07) is -0.406. The van der Waals surface area contributed by atoms with Gasteiger partial charge in [-0.15, -0.1) is 0 Å². The third kappa shape index (κ3) is 3.18. The minimum absolute atomic E-state index is 0.0497. The molecule has 0 aromatic rings. The van der Waals surface area contributed by atoms with Crippen molar-refractivity contribution >= 4 is 6.09 Å². The molecule has 26 heavy (non-hydrogen) atoms. The molecule has 3 saturated heterocycles. The highest BCUT2D eigenvalue weighted by Gasteiger charge is 2.47. The van der Waals surface area contributed by atoms with Crippen molar-refractivity contribution < 1.29 is 23.4 Å². The Kier molecular flexibility index (Phi) is 5.07. The number of nitrogens with one attached hydrogen (secondary N) is 1. The van der Waals surface area contributed by atoms with Crippen molar-refractivity contribution in [3.05, 3.63) is 11.5 Å². The lowest BCUT2D eigenvalue weighted by molar-refractivity contribution is -0.135. The summed E-state index contributed by atoms with van der Waals surface area (Å²) in [5, 5.41) is 3.26. The third-order valence-corrected chi connectivity index (χ3v) is 6.13. The van der Waals surface area contributed by atoms with Crippen molar-refractivity contribution in [3.8, 4) is 0 Å². The number of carbonyl (C=O) groups excluding carboxylic acids is 1. The van der Waals surface area contributed by atoms with Gasteiger partial charge in [0, 0.05) is 37.8 Å². The van der Waals surface area contributed by atoms with Crippen LogP contribution < -0.4 is 5.32 Å². The zero-order chi connectivity index (χ0) is 18.1. The number of carbonyl (C=O) groups is 1. The molecule has 4 aliphatic heterocycles. The van der Waals surface area contributed by atoms with Crippen LogP contribution in [0.3, 0.4) is 0 Å². The van der Waals surface area contributed by atoms with Gasteiger partial charge in [0.15, 0.2) is 0 Å². The maximum atomic E-state index is 15.2. The molecule has 7 nitrogen and oxygen atoms in total. The van der Waals surface area contributed by atoms with E-state index in [1.165, 1.54) is 0 Å². The van der Waals surface area contributed by atoms with Crippen molar-refractivity contribution in [1.82, 2.24) is 15.1 Å². The normalized spacial score (nSPS) is 31.3. The van der Waals surface area contributed by atoms with Gasteiger partial charge in [0.2, 0.25) is 0 Å². The Labute approximate surface area is 153 Å². The van der Waals surface area contributed by atoms with Crippen LogP contribution in [-0.2, 0) is 14.2 Å². The van der Waals surface area contributed by atoms with Gasteiger partial charge in [0.25, 0.3) is 0 Å². The molecule has 0 saturated carbocycles. The Balaban J connectivity index is 1.45. The maximum absolute atomic E-state index is 15.2. The summed E-state index contributed by atoms with van der Waals surface area (Å²) < 4.78 is 31.6. The van der Waals surface area contributed by atoms with Gasteiger partial charge in [0.1, 0.15) is 12.6 Å². The zero-order valence-corrected chi connectivity index (χ0v) is 15.3. The molecule has 1 amide bonds. The summed E-state index contributed by atoms with van der Waals surface area (Å²) >= 11 is 0. The fourth-order valence-electron chi connectivity index (χ4n) is 4.72. The van der Waals surface area contributed by atoms with Gasteiger partial charge in [-0.1, -0.05) is 0 Å². The maximum Gasteiger partial charge on any atom is 0.410 e. The lowest BCUT2D eigenvalue weighted by atomic mass is 9.90. The van der Waals surface area contributed by atoms with Crippen LogP contribution in [0.2, 0.25) is 0 Å². The molecule has 0 aromatic carbocycles. The quantitative estimate of drug-likeness (QED) is 0.803. The van der Waals surface area contributed by atoms with E-state index >= 15 is 4.39 Å². The first-order valence-corrected chi connectivity index (χ1v) is 9.64. The van der Waals surface area contributed by atoms with E-state index in [9.17, 15) is 4.79 Å². The Hall–Kier alpha value is -1.38. The number of hydrogen-bond acceptors (Lipinski definition) is 6. The first-order valence-electron chi connectivity index (χ1n) is 9.64. The highest BCUT2D eigenvalue weighted by atomic mass is 19.1. The van der Waals surface area contributed by atoms with Crippen molar-refractivity contribution in [2.45, 2.75) is 56.7 Å². The fraction of sp³-hybridized carbons (Fsp3) is 0.833. The standard InChI is InChI=1S/C18H28FN3O4/c1-2-25-17(23)22-13-3-4-14(22)16(19)15(9-13)21-7-5-18(6-8-21)10-20-11-24-12-26-18/h13-14,20H,2-12H2,1H3. The highest BCUT2D eigenvalue weighted by Crippen LogP contribution is 2.42. The lowest BCUT2D eigenvalue weighted by Gasteiger charge is -2.44. The molecule has 1 spiro atoms. The average Bonchev–Trinajstić information content (AvgIpc) is 2.83. The van der Waals surface area contributed by atoms with E-state index in [4.69, 9.17) is 14.2 Å². The number of rotatable bonds is 2. The van der Waals surface area contributed by atoms with Crippen molar-refractivity contribution in [2.24, 2.45) is 0 Å². The van der Waals surface area contributed by atoms with Crippen LogP contribution >= 0.6 is 0 Å². The lowest BCUT2D eigenvalue weighted by Crippen LogP contribution is -2.52. The second-order valence-corrected chi connectivity index (χ2v) is 7.56. The summed E-state index contributed by atoms with van der Waals surface area (Å²) in [5.74, 6) is -0.147. The summed E-state index contributed by atoms with van der Waals surface area (Å²) in [4.78, 5) is 16.0. The molecule has 8 heteroatoms. The van der Waals surface area contributed by atoms with Crippen LogP contribution in [-0.4, -0.2) is 73.3 Å². The van der Waals surface area contributed by atoms with Crippen LogP contribution in [0.25, 0.3) is 0 Å². The second-order valence-electron chi connectivity index (χ2n) is 7.56. The van der Waals surface area contributed by atoms with E-state index in [1.807, 2.05) is 0 Å². The minimum Gasteiger partial charge on any atom is -0.450 e. The number of hydrogen-bond donors (Lipinski definition) is 1. The Morgan fingerprint density at radius 2 is 2.19 bits per heavy atom. The van der Waals surface area contributed by atoms with Crippen LogP contribution in [0.4, 0.5) is 9.18 Å². The smallest absolute Gasteiger partial charge is 0.410 e. The van der Waals surface area contributed by atoms with Gasteiger partial charge in [-0.2, -0.15) is 0 Å². The van der Waals surface area contributed by atoms with Crippen molar-refractivity contribution in [2.75, 3.05) is 39.8 Å². The Bertz CT molecular complexity index is 567. The van der Waals surface area contributed by atoms with Crippen molar-refractivity contribution in [3.63, 3.8) is 0 Å². The van der Waals surface area contributed by atoms with Crippen LogP contribution in [0, 0.1) is 0 Å². The highest BCUT2D eigenvalue weighted by molar-refractivity contribution is 5.70. The van der Waals surface area contributed by atoms with E-state index in [2.05, 4.69) is 10.2 Å². The SMILES string of the molecule is CCOC(=O)N1C2CCC1C(F)=C(N1CCC3(CC1)CNCOCO3)C2. The monoisotopic (exact) mass is 369 g/mol. The average molecular weight is 369 g/mol. The van der Waals surface area contributed by atoms with Gasteiger partial charge < -0.3 is 19.1 Å². The third-order valence-electron chi connectivity index (χ3n) is 6.13. The fourth-order valence-corrected chi connectivity index (χ4v) is 4.72. The Morgan fingerprint density at radius 1 is 1.38 bits per heavy atom. The minimum atomic E-state index is -0.456. The number of likely N-dealkylation sites (tertiary alicyclic amines) is 1. The van der Waals surface area contributed by atoms with Crippen LogP contribution in [0.5, 0.6) is 0 Å². The van der Waals surface area contributed by atoms with Gasteiger partial charge in [-0.05, 0) is 32.6 Å². The number of fused-ring (bicyclic) bond motifs is 2. The molecule has 0 radical (unpaired) electrons. The van der Waals surface area contributed by atoms with Crippen molar-refractivity contribution in [1.29, 1.82) is 0 Å². The zero-order valence-electron chi connectivity index (χ0n) is 15.3. The number of piperidine rings is 1. The molecule has 0 aliphatic carbocycles. The van der Waals surface area contributed by atoms with E-state index in [-0.39, 0.29) is 23.6 Å². The van der Waals surface area contributed by atoms with E-state index in [0.29, 0.717) is 33.0 Å². The summed E-state index contributed by atoms with van der Waals surface area (Å²) in [6.07, 6.45) is 3.40. The molecular weight excluding hydrogens is 341 g/mol. The molecule has 2 bridgehead atoms. The molecule has 2 unspecified atom stereocenters. The van der Waals surface area contributed by atoms with E-state index < -0.39 is 6.04 Å². The first-order chi connectivity index (χ1) is 12.6. The van der Waals surface area contributed by atoms with E-state index in [1.54, 1.807) is 11.8 Å². The molecule has 2 atom stereocenters. The number of amides is 1. The molecule has 146 valence electrons. The molecule has 3 fully saturated rings. The predicted octanol–water partition coefficient (Wildman–Crippen LogP) is 1.95. The topological polar surface area (TPSA) is 63.3 Å². The first kappa shape index (κ1) is 18.0. The van der Waals surface area contributed by atoms with E-state index in [0.717, 1.165) is 44.6 Å². The molecule has 4 rings (SSSR count). The predicted molar refractivity (Wildman–Crippen MR) is 91.9 cm³/mol. The van der Waals surface area contributed by atoms with Gasteiger partial charge in [0.05, 0.1) is 25.0 Å². The van der Waals surface area contributed by atoms with Crippen LogP contribution in [0.15, 0.2) is 11.5 Å². The van der Waals surface area contributed by atoms with Gasteiger partial charge >= 0.3 is 6.09 Å². The molecule has 1 N–H and O–H groups in total.